The lowest BCUT2D eigenvalue weighted by molar-refractivity contribution is -0.135. The van der Waals surface area contributed by atoms with E-state index in [-0.39, 0.29) is 11.9 Å². The summed E-state index contributed by atoms with van der Waals surface area (Å²) >= 11 is 3.46. The van der Waals surface area contributed by atoms with Crippen molar-refractivity contribution >= 4 is 27.9 Å². The number of rotatable bonds is 2. The molecule has 23 heavy (non-hydrogen) atoms. The first-order valence-corrected chi connectivity index (χ1v) is 8.50. The second-order valence-electron chi connectivity index (χ2n) is 5.85. The minimum absolute atomic E-state index is 0.0794. The van der Waals surface area contributed by atoms with Crippen LogP contribution in [0.15, 0.2) is 58.6 Å². The van der Waals surface area contributed by atoms with Crippen LogP contribution in [-0.2, 0) is 4.79 Å². The summed E-state index contributed by atoms with van der Waals surface area (Å²) < 4.78 is 6.72. The lowest BCUT2D eigenvalue weighted by atomic mass is 9.93. The molecule has 0 bridgehead atoms. The number of hydrogen-bond donors (Lipinski definition) is 0. The van der Waals surface area contributed by atoms with Crippen LogP contribution in [0.4, 0.5) is 0 Å². The first-order chi connectivity index (χ1) is 11.2. The molecule has 2 aromatic carbocycles. The van der Waals surface area contributed by atoms with Crippen LogP contribution in [-0.4, -0.2) is 24.0 Å². The molecule has 1 fully saturated rings. The molecular formula is C19H16BrNO2. The number of amides is 1. The maximum atomic E-state index is 12.8. The van der Waals surface area contributed by atoms with Crippen LogP contribution in [0.1, 0.15) is 23.6 Å². The summed E-state index contributed by atoms with van der Waals surface area (Å²) in [5.41, 5.74) is 2.87. The van der Waals surface area contributed by atoms with Crippen LogP contribution in [0.25, 0.3) is 6.08 Å². The van der Waals surface area contributed by atoms with Crippen LogP contribution in [0.3, 0.4) is 0 Å². The van der Waals surface area contributed by atoms with Gasteiger partial charge in [0.25, 0.3) is 5.91 Å². The van der Waals surface area contributed by atoms with Crippen molar-refractivity contribution in [3.8, 4) is 5.75 Å². The first-order valence-electron chi connectivity index (χ1n) is 7.71. The molecule has 2 aliphatic rings. The summed E-state index contributed by atoms with van der Waals surface area (Å²) in [4.78, 5) is 14.8. The highest BCUT2D eigenvalue weighted by Gasteiger charge is 2.35. The number of nitrogens with zero attached hydrogens (tertiary/aromatic N) is 1. The van der Waals surface area contributed by atoms with Crippen molar-refractivity contribution in [2.75, 3.05) is 13.2 Å². The highest BCUT2D eigenvalue weighted by Crippen LogP contribution is 2.36. The molecule has 0 saturated carbocycles. The van der Waals surface area contributed by atoms with E-state index in [9.17, 15) is 4.79 Å². The third kappa shape index (κ3) is 2.68. The van der Waals surface area contributed by atoms with Gasteiger partial charge in [0, 0.05) is 16.6 Å². The zero-order valence-electron chi connectivity index (χ0n) is 12.5. The fraction of sp³-hybridized carbons (Fsp3) is 0.211. The van der Waals surface area contributed by atoms with Crippen molar-refractivity contribution in [3.05, 3.63) is 69.7 Å². The molecule has 2 heterocycles. The number of halogens is 1. The predicted molar refractivity (Wildman–Crippen MR) is 93.1 cm³/mol. The number of likely N-dealkylation sites (tertiary alicyclic amines) is 1. The molecule has 2 aromatic rings. The molecule has 4 rings (SSSR count). The van der Waals surface area contributed by atoms with Crippen molar-refractivity contribution in [1.82, 2.24) is 4.90 Å². The van der Waals surface area contributed by atoms with Crippen LogP contribution in [0, 0.1) is 0 Å². The molecule has 116 valence electrons. The monoisotopic (exact) mass is 369 g/mol. The lowest BCUT2D eigenvalue weighted by Gasteiger charge is -2.42. The van der Waals surface area contributed by atoms with E-state index in [1.165, 1.54) is 5.56 Å². The van der Waals surface area contributed by atoms with E-state index in [1.54, 1.807) is 0 Å². The van der Waals surface area contributed by atoms with E-state index in [2.05, 4.69) is 28.1 Å². The maximum Gasteiger partial charge on any atom is 0.253 e. The van der Waals surface area contributed by atoms with Gasteiger partial charge in [0.15, 0.2) is 0 Å². The minimum atomic E-state index is 0.0794. The largest absolute Gasteiger partial charge is 0.488 e. The van der Waals surface area contributed by atoms with Crippen LogP contribution in [0.5, 0.6) is 5.75 Å². The van der Waals surface area contributed by atoms with Crippen molar-refractivity contribution in [2.24, 2.45) is 0 Å². The number of benzene rings is 2. The first kappa shape index (κ1) is 14.5. The van der Waals surface area contributed by atoms with Gasteiger partial charge in [-0.15, -0.1) is 0 Å². The average Bonchev–Trinajstić information content (AvgIpc) is 2.54. The smallest absolute Gasteiger partial charge is 0.253 e. The summed E-state index contributed by atoms with van der Waals surface area (Å²) in [5.74, 6) is 0.906. The molecule has 3 nitrogen and oxygen atoms in total. The Bertz CT molecular complexity index is 785. The molecule has 0 radical (unpaired) electrons. The van der Waals surface area contributed by atoms with E-state index in [0.29, 0.717) is 6.61 Å². The number of carbonyl (C=O) groups is 1. The molecular weight excluding hydrogens is 354 g/mol. The van der Waals surface area contributed by atoms with Gasteiger partial charge in [-0.05, 0) is 36.3 Å². The van der Waals surface area contributed by atoms with E-state index in [4.69, 9.17) is 4.74 Å². The van der Waals surface area contributed by atoms with E-state index < -0.39 is 0 Å². The van der Waals surface area contributed by atoms with Crippen LogP contribution in [0.2, 0.25) is 0 Å². The van der Waals surface area contributed by atoms with Gasteiger partial charge in [-0.3, -0.25) is 4.79 Å². The summed E-state index contributed by atoms with van der Waals surface area (Å²) in [6.45, 7) is 1.15. The standard InChI is InChI=1S/C19H16BrNO2/c20-16-6-7-18-14(11-16)10-15(12-23-18)19(22)21-9-8-17(21)13-4-2-1-3-5-13/h1-7,10-11,17H,8-9,12H2/t17-/m0/s1. The third-order valence-corrected chi connectivity index (χ3v) is 4.92. The third-order valence-electron chi connectivity index (χ3n) is 4.42. The Labute approximate surface area is 143 Å². The Morgan fingerprint density at radius 3 is 2.74 bits per heavy atom. The van der Waals surface area contributed by atoms with Gasteiger partial charge in [-0.2, -0.15) is 0 Å². The Kier molecular flexibility index (Phi) is 3.69. The average molecular weight is 370 g/mol. The number of ether oxygens (including phenoxy) is 1. The lowest BCUT2D eigenvalue weighted by Crippen LogP contribution is -2.46. The van der Waals surface area contributed by atoms with E-state index in [1.807, 2.05) is 47.4 Å². The molecule has 0 aliphatic carbocycles. The normalized spacial score (nSPS) is 19.3. The number of carbonyl (C=O) groups excluding carboxylic acids is 1. The van der Waals surface area contributed by atoms with Crippen LogP contribution >= 0.6 is 15.9 Å². The van der Waals surface area contributed by atoms with Gasteiger partial charge in [0.2, 0.25) is 0 Å². The fourth-order valence-corrected chi connectivity index (χ4v) is 3.49. The van der Waals surface area contributed by atoms with Gasteiger partial charge in [0.1, 0.15) is 12.4 Å². The molecule has 0 unspecified atom stereocenters. The molecule has 1 amide bonds. The molecule has 2 aliphatic heterocycles. The topological polar surface area (TPSA) is 29.5 Å². The predicted octanol–water partition coefficient (Wildman–Crippen LogP) is 4.20. The van der Waals surface area contributed by atoms with Gasteiger partial charge in [0.05, 0.1) is 11.6 Å². The quantitative estimate of drug-likeness (QED) is 0.793. The SMILES string of the molecule is O=C(C1=Cc2cc(Br)ccc2OC1)N1CC[C@H]1c1ccccc1. The summed E-state index contributed by atoms with van der Waals surface area (Å²) in [6, 6.07) is 16.2. The zero-order valence-corrected chi connectivity index (χ0v) is 14.1. The molecule has 4 heteroatoms. The number of hydrogen-bond acceptors (Lipinski definition) is 2. The summed E-state index contributed by atoms with van der Waals surface area (Å²) in [7, 11) is 0. The van der Waals surface area contributed by atoms with Crippen molar-refractivity contribution < 1.29 is 9.53 Å². The highest BCUT2D eigenvalue weighted by molar-refractivity contribution is 9.10. The zero-order chi connectivity index (χ0) is 15.8. The van der Waals surface area contributed by atoms with Crippen molar-refractivity contribution in [3.63, 3.8) is 0 Å². The Balaban J connectivity index is 1.58. The summed E-state index contributed by atoms with van der Waals surface area (Å²) in [6.07, 6.45) is 2.97. The minimum Gasteiger partial charge on any atom is -0.488 e. The molecule has 1 saturated heterocycles. The number of fused-ring (bicyclic) bond motifs is 1. The second-order valence-corrected chi connectivity index (χ2v) is 6.77. The Morgan fingerprint density at radius 2 is 2.00 bits per heavy atom. The molecule has 1 atom stereocenters. The van der Waals surface area contributed by atoms with Crippen LogP contribution < -0.4 is 4.74 Å². The van der Waals surface area contributed by atoms with E-state index >= 15 is 0 Å². The second kappa shape index (κ2) is 5.85. The van der Waals surface area contributed by atoms with Gasteiger partial charge < -0.3 is 9.64 Å². The summed E-state index contributed by atoms with van der Waals surface area (Å²) in [5, 5.41) is 0. The maximum absolute atomic E-state index is 12.8. The Hall–Kier alpha value is -2.07. The van der Waals surface area contributed by atoms with Crippen molar-refractivity contribution in [2.45, 2.75) is 12.5 Å². The molecule has 0 aromatic heterocycles. The Morgan fingerprint density at radius 1 is 1.17 bits per heavy atom. The van der Waals surface area contributed by atoms with Crippen molar-refractivity contribution in [1.29, 1.82) is 0 Å². The van der Waals surface area contributed by atoms with E-state index in [0.717, 1.165) is 34.3 Å². The highest BCUT2D eigenvalue weighted by atomic mass is 79.9. The molecule has 0 N–H and O–H groups in total. The fourth-order valence-electron chi connectivity index (χ4n) is 3.11. The molecule has 0 spiro atoms. The van der Waals surface area contributed by atoms with Gasteiger partial charge >= 0.3 is 0 Å². The van der Waals surface area contributed by atoms with Gasteiger partial charge in [-0.1, -0.05) is 46.3 Å². The van der Waals surface area contributed by atoms with Gasteiger partial charge in [-0.25, -0.2) is 0 Å².